The average Bonchev–Trinajstić information content (AvgIpc) is 3.38. The summed E-state index contributed by atoms with van der Waals surface area (Å²) in [4.78, 5) is 20.3. The van der Waals surface area contributed by atoms with Gasteiger partial charge in [0.2, 0.25) is 5.91 Å². The number of anilines is 2. The Kier molecular flexibility index (Phi) is 3.61. The lowest BCUT2D eigenvalue weighted by molar-refractivity contribution is -0.117. The van der Waals surface area contributed by atoms with Crippen LogP contribution in [0.25, 0.3) is 22.2 Å². The van der Waals surface area contributed by atoms with E-state index < -0.39 is 0 Å². The van der Waals surface area contributed by atoms with Gasteiger partial charge in [-0.25, -0.2) is 13.9 Å². The molecule has 1 aliphatic carbocycles. The van der Waals surface area contributed by atoms with E-state index in [4.69, 9.17) is 5.73 Å². The maximum absolute atomic E-state index is 13.3. The van der Waals surface area contributed by atoms with Crippen molar-refractivity contribution in [1.82, 2.24) is 13.9 Å². The summed E-state index contributed by atoms with van der Waals surface area (Å²) in [6, 6.07) is 7.07. The monoisotopic (exact) mass is 343 g/mol. The van der Waals surface area contributed by atoms with Crippen molar-refractivity contribution in [3.63, 3.8) is 0 Å². The lowest BCUT2D eigenvalue weighted by Crippen LogP contribution is -2.14. The van der Waals surface area contributed by atoms with Crippen LogP contribution in [0.15, 0.2) is 36.7 Å². The van der Waals surface area contributed by atoms with Gasteiger partial charge in [0.05, 0.1) is 0 Å². The van der Waals surface area contributed by atoms with Gasteiger partial charge in [0, 0.05) is 34.8 Å². The highest BCUT2D eigenvalue weighted by Crippen LogP contribution is 2.34. The molecule has 8 heteroatoms. The zero-order valence-corrected chi connectivity index (χ0v) is 13.4. The first kappa shape index (κ1) is 14.9. The second-order valence-electron chi connectivity index (χ2n) is 5.74. The van der Waals surface area contributed by atoms with Crippen LogP contribution in [0.5, 0.6) is 0 Å². The number of halogens is 1. The van der Waals surface area contributed by atoms with E-state index in [9.17, 15) is 8.68 Å². The van der Waals surface area contributed by atoms with Crippen molar-refractivity contribution in [1.29, 1.82) is 0 Å². The first-order valence-electron chi connectivity index (χ1n) is 7.49. The molecule has 0 aromatic carbocycles. The van der Waals surface area contributed by atoms with Crippen molar-refractivity contribution in [2.75, 3.05) is 11.1 Å². The number of fused-ring (bicyclic) bond motifs is 1. The summed E-state index contributed by atoms with van der Waals surface area (Å²) >= 11 is 0.0595. The van der Waals surface area contributed by atoms with Crippen molar-refractivity contribution in [3.05, 3.63) is 36.7 Å². The lowest BCUT2D eigenvalue weighted by Gasteiger charge is -2.04. The second kappa shape index (κ2) is 5.79. The molecule has 6 nitrogen and oxygen atoms in total. The number of aromatic nitrogens is 3. The van der Waals surface area contributed by atoms with Gasteiger partial charge in [0.25, 0.3) is 0 Å². The second-order valence-corrected chi connectivity index (χ2v) is 6.27. The van der Waals surface area contributed by atoms with Gasteiger partial charge in [-0.15, -0.1) is 3.89 Å². The predicted octanol–water partition coefficient (Wildman–Crippen LogP) is 3.41. The van der Waals surface area contributed by atoms with Gasteiger partial charge in [-0.05, 0) is 37.1 Å². The van der Waals surface area contributed by atoms with Gasteiger partial charge >= 0.3 is 0 Å². The van der Waals surface area contributed by atoms with Crippen molar-refractivity contribution < 1.29 is 8.68 Å². The number of hydrogen-bond acceptors (Lipinski definition) is 5. The van der Waals surface area contributed by atoms with E-state index in [1.165, 1.54) is 3.97 Å². The van der Waals surface area contributed by atoms with Crippen LogP contribution in [0, 0.1) is 5.92 Å². The summed E-state index contributed by atoms with van der Waals surface area (Å²) < 4.78 is 14.6. The quantitative estimate of drug-likeness (QED) is 0.758. The first-order chi connectivity index (χ1) is 11.7. The highest BCUT2D eigenvalue weighted by molar-refractivity contribution is 7.92. The van der Waals surface area contributed by atoms with Gasteiger partial charge in [-0.2, -0.15) is 0 Å². The molecule has 0 radical (unpaired) electrons. The van der Waals surface area contributed by atoms with Crippen LogP contribution < -0.4 is 11.1 Å². The fourth-order valence-corrected chi connectivity index (χ4v) is 2.92. The number of nitrogens with two attached hydrogens (primary N) is 1. The number of nitrogens with one attached hydrogen (secondary N) is 1. The predicted molar refractivity (Wildman–Crippen MR) is 92.8 cm³/mol. The van der Waals surface area contributed by atoms with Crippen molar-refractivity contribution in [2.45, 2.75) is 12.8 Å². The van der Waals surface area contributed by atoms with Crippen molar-refractivity contribution in [3.8, 4) is 11.1 Å². The van der Waals surface area contributed by atoms with Crippen LogP contribution in [-0.4, -0.2) is 19.8 Å². The molecule has 0 unspecified atom stereocenters. The Labute approximate surface area is 141 Å². The van der Waals surface area contributed by atoms with Gasteiger partial charge in [0.1, 0.15) is 11.6 Å². The highest BCUT2D eigenvalue weighted by atomic mass is 32.2. The smallest absolute Gasteiger partial charge is 0.228 e. The third-order valence-corrected chi connectivity index (χ3v) is 4.42. The molecule has 122 valence electrons. The van der Waals surface area contributed by atoms with Crippen molar-refractivity contribution >= 4 is 40.9 Å². The summed E-state index contributed by atoms with van der Waals surface area (Å²) in [5.41, 5.74) is 7.68. The topological polar surface area (TPSA) is 85.8 Å². The number of nitrogens with zero attached hydrogens (tertiary/aromatic N) is 3. The van der Waals surface area contributed by atoms with Gasteiger partial charge in [0.15, 0.2) is 18.0 Å². The largest absolute Gasteiger partial charge is 0.384 e. The standard InChI is InChI=1S/C16H14FN5OS/c17-24-22-8-12(10-3-5-13(18)19-7-10)11-4-6-14(20-15(11)22)21-16(23)9-1-2-9/h3-9H,1-2H2,(H2,18,19)(H,20,21,23). The highest BCUT2D eigenvalue weighted by Gasteiger charge is 2.29. The number of hydrogen-bond donors (Lipinski definition) is 2. The maximum atomic E-state index is 13.3. The van der Waals surface area contributed by atoms with Crippen LogP contribution in [0.2, 0.25) is 0 Å². The molecule has 0 spiro atoms. The maximum Gasteiger partial charge on any atom is 0.228 e. The minimum Gasteiger partial charge on any atom is -0.384 e. The number of pyridine rings is 2. The summed E-state index contributed by atoms with van der Waals surface area (Å²) in [7, 11) is 0. The summed E-state index contributed by atoms with van der Waals surface area (Å²) in [6.45, 7) is 0. The Hall–Kier alpha value is -2.61. The molecular formula is C16H14FN5OS. The molecule has 24 heavy (non-hydrogen) atoms. The third-order valence-electron chi connectivity index (χ3n) is 3.99. The van der Waals surface area contributed by atoms with E-state index in [0.717, 1.165) is 29.4 Å². The van der Waals surface area contributed by atoms with Gasteiger partial charge in [-0.1, -0.05) is 0 Å². The SMILES string of the molecule is Nc1ccc(-c2cn(SF)c3nc(NC(=O)C4CC4)ccc23)cn1. The Morgan fingerprint density at radius 3 is 2.83 bits per heavy atom. The zero-order chi connectivity index (χ0) is 16.7. The average molecular weight is 343 g/mol. The molecule has 0 saturated heterocycles. The molecule has 1 saturated carbocycles. The van der Waals surface area contributed by atoms with E-state index in [0.29, 0.717) is 17.3 Å². The van der Waals surface area contributed by atoms with Crippen LogP contribution in [0.1, 0.15) is 12.8 Å². The summed E-state index contributed by atoms with van der Waals surface area (Å²) in [6.07, 6.45) is 5.13. The molecule has 0 bridgehead atoms. The molecule has 1 fully saturated rings. The van der Waals surface area contributed by atoms with Crippen molar-refractivity contribution in [2.24, 2.45) is 5.92 Å². The van der Waals surface area contributed by atoms with Crippen LogP contribution in [0.4, 0.5) is 15.5 Å². The fraction of sp³-hybridized carbons (Fsp3) is 0.188. The lowest BCUT2D eigenvalue weighted by atomic mass is 10.1. The molecule has 3 heterocycles. The van der Waals surface area contributed by atoms with Gasteiger partial charge < -0.3 is 11.1 Å². The van der Waals surface area contributed by atoms with E-state index >= 15 is 0 Å². The minimum atomic E-state index is -0.0317. The third kappa shape index (κ3) is 2.69. The number of nitrogen functional groups attached to an aromatic ring is 1. The summed E-state index contributed by atoms with van der Waals surface area (Å²) in [5.74, 6) is 0.900. The van der Waals surface area contributed by atoms with Crippen LogP contribution in [-0.2, 0) is 4.79 Å². The molecule has 3 aromatic heterocycles. The van der Waals surface area contributed by atoms with Crippen LogP contribution >= 0.6 is 12.3 Å². The molecule has 1 amide bonds. The van der Waals surface area contributed by atoms with E-state index in [-0.39, 0.29) is 24.2 Å². The minimum absolute atomic E-state index is 0.0317. The Morgan fingerprint density at radius 2 is 2.17 bits per heavy atom. The van der Waals surface area contributed by atoms with Gasteiger partial charge in [-0.3, -0.25) is 4.79 Å². The molecule has 0 aliphatic heterocycles. The zero-order valence-electron chi connectivity index (χ0n) is 12.6. The van der Waals surface area contributed by atoms with E-state index in [1.807, 2.05) is 12.1 Å². The molecule has 3 N–H and O–H groups in total. The number of carbonyl (C=O) groups is 1. The number of amides is 1. The van der Waals surface area contributed by atoms with Crippen LogP contribution in [0.3, 0.4) is 0 Å². The van der Waals surface area contributed by atoms with E-state index in [1.54, 1.807) is 24.5 Å². The Morgan fingerprint density at radius 1 is 1.33 bits per heavy atom. The normalized spacial score (nSPS) is 14.0. The molecule has 3 aromatic rings. The first-order valence-corrected chi connectivity index (χ1v) is 8.17. The van der Waals surface area contributed by atoms with E-state index in [2.05, 4.69) is 15.3 Å². The molecule has 0 atom stereocenters. The Balaban J connectivity index is 1.76. The molecule has 1 aliphatic rings. The number of rotatable bonds is 4. The Bertz CT molecular complexity index is 920. The molecule has 4 rings (SSSR count). The molecular weight excluding hydrogens is 329 g/mol. The fourth-order valence-electron chi connectivity index (χ4n) is 2.57. The summed E-state index contributed by atoms with van der Waals surface area (Å²) in [5, 5.41) is 3.55. The number of carbonyl (C=O) groups excluding carboxylic acids is 1.